The minimum atomic E-state index is -3.78. The van der Waals surface area contributed by atoms with Crippen molar-refractivity contribution in [2.24, 2.45) is 9.50 Å². The second kappa shape index (κ2) is 8.26. The predicted octanol–water partition coefficient (Wildman–Crippen LogP) is 4.41. The molecule has 9 heteroatoms. The summed E-state index contributed by atoms with van der Waals surface area (Å²) in [6.07, 6.45) is 1.64. The number of hydrogen-bond donors (Lipinski definition) is 0. The normalized spacial score (nSPS) is 14.3. The molecule has 2 aromatic carbocycles. The third kappa shape index (κ3) is 4.06. The minimum Gasteiger partial charge on any atom is -0.455 e. The van der Waals surface area contributed by atoms with E-state index >= 15 is 0 Å². The molecule has 0 aliphatic carbocycles. The van der Waals surface area contributed by atoms with Crippen LogP contribution in [0.1, 0.15) is 17.7 Å². The maximum absolute atomic E-state index is 12.3. The summed E-state index contributed by atoms with van der Waals surface area (Å²) in [6.45, 7) is 0.190. The fraction of sp³-hybridized carbons (Fsp3) is 0.0952. The first-order chi connectivity index (χ1) is 14.5. The highest BCUT2D eigenvalue weighted by atomic mass is 79.9. The van der Waals surface area contributed by atoms with Crippen molar-refractivity contribution in [3.8, 4) is 17.4 Å². The van der Waals surface area contributed by atoms with Gasteiger partial charge >= 0.3 is 0 Å². The van der Waals surface area contributed by atoms with Gasteiger partial charge in [-0.15, -0.1) is 4.40 Å². The fourth-order valence-electron chi connectivity index (χ4n) is 2.97. The number of hydrogen-bond acceptors (Lipinski definition) is 6. The molecule has 7 nitrogen and oxygen atoms in total. The molecule has 2 heterocycles. The van der Waals surface area contributed by atoms with Crippen LogP contribution in [0, 0.1) is 11.3 Å². The first-order valence-electron chi connectivity index (χ1n) is 8.96. The van der Waals surface area contributed by atoms with Gasteiger partial charge < -0.3 is 4.42 Å². The van der Waals surface area contributed by atoms with E-state index in [2.05, 4.69) is 25.4 Å². The molecule has 3 aromatic rings. The number of hydrazone groups is 1. The molecule has 1 aromatic heterocycles. The van der Waals surface area contributed by atoms with Gasteiger partial charge in [-0.3, -0.25) is 0 Å². The molecule has 0 saturated heterocycles. The minimum absolute atomic E-state index is 0.132. The molecule has 1 aliphatic heterocycles. The lowest BCUT2D eigenvalue weighted by Gasteiger charge is -2.17. The summed E-state index contributed by atoms with van der Waals surface area (Å²) >= 11 is 3.40. The molecule has 0 unspecified atom stereocenters. The van der Waals surface area contributed by atoms with Gasteiger partial charge in [0.1, 0.15) is 16.4 Å². The number of nitrogens with zero attached hydrogens (tertiary/aromatic N) is 4. The van der Waals surface area contributed by atoms with Crippen LogP contribution in [0.15, 0.2) is 83.9 Å². The van der Waals surface area contributed by atoms with Gasteiger partial charge in [0.05, 0.1) is 25.2 Å². The molecule has 0 N–H and O–H groups in total. The standard InChI is InChI=1S/C21H15BrN4O3S/c22-16-8-6-15(7-9-16)19-11-10-17(29-19)14-24-26(13-3-12-23)21-18-4-1-2-5-20(18)30(27,28)25-21/h1-2,4-11,14H,3,13H2. The van der Waals surface area contributed by atoms with Crippen LogP contribution in [0.3, 0.4) is 0 Å². The van der Waals surface area contributed by atoms with Crippen LogP contribution in [0.25, 0.3) is 11.3 Å². The summed E-state index contributed by atoms with van der Waals surface area (Å²) in [5, 5.41) is 14.8. The van der Waals surface area contributed by atoms with Crippen molar-refractivity contribution in [2.75, 3.05) is 6.54 Å². The smallest absolute Gasteiger partial charge is 0.285 e. The number of halogens is 1. The van der Waals surface area contributed by atoms with Crippen molar-refractivity contribution >= 4 is 38.0 Å². The largest absolute Gasteiger partial charge is 0.455 e. The van der Waals surface area contributed by atoms with Crippen molar-refractivity contribution < 1.29 is 12.8 Å². The highest BCUT2D eigenvalue weighted by Crippen LogP contribution is 2.28. The lowest BCUT2D eigenvalue weighted by atomic mass is 10.2. The summed E-state index contributed by atoms with van der Waals surface area (Å²) in [5.41, 5.74) is 1.38. The molecule has 4 rings (SSSR count). The van der Waals surface area contributed by atoms with Crippen molar-refractivity contribution in [3.63, 3.8) is 0 Å². The maximum atomic E-state index is 12.3. The number of furan rings is 1. The van der Waals surface area contributed by atoms with Crippen molar-refractivity contribution in [1.82, 2.24) is 5.01 Å². The number of benzene rings is 2. The number of nitriles is 1. The molecular weight excluding hydrogens is 468 g/mol. The predicted molar refractivity (Wildman–Crippen MR) is 117 cm³/mol. The Morgan fingerprint density at radius 3 is 2.67 bits per heavy atom. The monoisotopic (exact) mass is 482 g/mol. The molecule has 1 aliphatic rings. The summed E-state index contributed by atoms with van der Waals surface area (Å²) < 4.78 is 35.4. The highest BCUT2D eigenvalue weighted by Gasteiger charge is 2.31. The van der Waals surface area contributed by atoms with Gasteiger partial charge in [-0.2, -0.15) is 18.8 Å². The topological polar surface area (TPSA) is 99.0 Å². The van der Waals surface area contributed by atoms with E-state index in [1.807, 2.05) is 36.4 Å². The number of rotatable bonds is 5. The molecule has 0 bridgehead atoms. The Hall–Kier alpha value is -3.22. The second-order valence-corrected chi connectivity index (χ2v) is 8.86. The maximum Gasteiger partial charge on any atom is 0.285 e. The SMILES string of the molecule is N#CCCN(N=Cc1ccc(-c2ccc(Br)cc2)o1)C1=NS(=O)(=O)c2ccccc21. The van der Waals surface area contributed by atoms with Gasteiger partial charge in [-0.1, -0.05) is 40.2 Å². The summed E-state index contributed by atoms with van der Waals surface area (Å²) in [5.74, 6) is 1.36. The Labute approximate surface area is 182 Å². The Morgan fingerprint density at radius 1 is 1.13 bits per heavy atom. The lowest BCUT2D eigenvalue weighted by Crippen LogP contribution is -2.27. The number of fused-ring (bicyclic) bond motifs is 1. The van der Waals surface area contributed by atoms with E-state index in [4.69, 9.17) is 9.68 Å². The van der Waals surface area contributed by atoms with Gasteiger partial charge in [0, 0.05) is 15.6 Å². The van der Waals surface area contributed by atoms with Gasteiger partial charge in [0.25, 0.3) is 10.0 Å². The molecule has 0 fully saturated rings. The van der Waals surface area contributed by atoms with Crippen LogP contribution in [0.4, 0.5) is 0 Å². The van der Waals surface area contributed by atoms with Crippen LogP contribution in [-0.2, 0) is 10.0 Å². The zero-order valence-electron chi connectivity index (χ0n) is 15.6. The number of sulfonamides is 1. The van der Waals surface area contributed by atoms with Crippen molar-refractivity contribution in [2.45, 2.75) is 11.3 Å². The van der Waals surface area contributed by atoms with E-state index in [1.165, 1.54) is 17.3 Å². The second-order valence-electron chi connectivity index (χ2n) is 6.37. The Balaban J connectivity index is 1.63. The van der Waals surface area contributed by atoms with Gasteiger partial charge in [-0.25, -0.2) is 5.01 Å². The summed E-state index contributed by atoms with van der Waals surface area (Å²) in [6, 6.07) is 19.9. The molecule has 30 heavy (non-hydrogen) atoms. The third-order valence-electron chi connectivity index (χ3n) is 4.37. The van der Waals surface area contributed by atoms with Crippen LogP contribution in [0.5, 0.6) is 0 Å². The van der Waals surface area contributed by atoms with Crippen molar-refractivity contribution in [3.05, 3.63) is 76.5 Å². The fourth-order valence-corrected chi connectivity index (χ4v) is 4.44. The molecule has 0 amide bonds. The average molecular weight is 483 g/mol. The van der Waals surface area contributed by atoms with E-state index < -0.39 is 10.0 Å². The Morgan fingerprint density at radius 2 is 1.90 bits per heavy atom. The number of amidine groups is 1. The summed E-state index contributed by atoms with van der Waals surface area (Å²) in [7, 11) is -3.78. The molecule has 0 saturated carbocycles. The molecule has 0 atom stereocenters. The first-order valence-corrected chi connectivity index (χ1v) is 11.2. The van der Waals surface area contributed by atoms with E-state index in [0.29, 0.717) is 17.1 Å². The highest BCUT2D eigenvalue weighted by molar-refractivity contribution is 9.10. The zero-order valence-corrected chi connectivity index (χ0v) is 18.0. The van der Waals surface area contributed by atoms with E-state index in [1.54, 1.807) is 24.3 Å². The van der Waals surface area contributed by atoms with E-state index in [9.17, 15) is 8.42 Å². The summed E-state index contributed by atoms with van der Waals surface area (Å²) in [4.78, 5) is 0.132. The van der Waals surface area contributed by atoms with Gasteiger partial charge in [0.15, 0.2) is 5.84 Å². The van der Waals surface area contributed by atoms with Crippen LogP contribution in [0.2, 0.25) is 0 Å². The van der Waals surface area contributed by atoms with Crippen LogP contribution in [-0.4, -0.2) is 32.0 Å². The Kier molecular flexibility index (Phi) is 5.53. The molecule has 150 valence electrons. The average Bonchev–Trinajstić information content (AvgIpc) is 3.32. The van der Waals surface area contributed by atoms with Crippen molar-refractivity contribution in [1.29, 1.82) is 5.26 Å². The first kappa shape index (κ1) is 20.1. The van der Waals surface area contributed by atoms with E-state index in [0.717, 1.165) is 10.0 Å². The molecule has 0 spiro atoms. The third-order valence-corrected chi connectivity index (χ3v) is 6.23. The Bertz CT molecular complexity index is 1290. The molecule has 0 radical (unpaired) electrons. The van der Waals surface area contributed by atoms with Gasteiger partial charge in [-0.05, 0) is 36.4 Å². The lowest BCUT2D eigenvalue weighted by molar-refractivity contribution is 0.456. The van der Waals surface area contributed by atoms with Gasteiger partial charge in [0.2, 0.25) is 0 Å². The van der Waals surface area contributed by atoms with Crippen LogP contribution < -0.4 is 0 Å². The van der Waals surface area contributed by atoms with E-state index in [-0.39, 0.29) is 23.7 Å². The molecular formula is C21H15BrN4O3S. The van der Waals surface area contributed by atoms with Crippen LogP contribution >= 0.6 is 15.9 Å². The zero-order chi connectivity index (χ0) is 21.1. The quantitative estimate of drug-likeness (QED) is 0.396.